The van der Waals surface area contributed by atoms with E-state index in [1.54, 1.807) is 0 Å². The molecule has 1 aliphatic rings. The highest BCUT2D eigenvalue weighted by Crippen LogP contribution is 2.28. The van der Waals surface area contributed by atoms with Crippen LogP contribution in [0.1, 0.15) is 76.3 Å². The summed E-state index contributed by atoms with van der Waals surface area (Å²) in [5, 5.41) is 11.9. The zero-order valence-electron chi connectivity index (χ0n) is 21.0. The number of benzene rings is 2. The predicted molar refractivity (Wildman–Crippen MR) is 141 cm³/mol. The van der Waals surface area contributed by atoms with E-state index in [-0.39, 0.29) is 12.1 Å². The van der Waals surface area contributed by atoms with Crippen LogP contribution in [0.15, 0.2) is 48.5 Å². The number of rotatable bonds is 8. The van der Waals surface area contributed by atoms with Crippen LogP contribution in [0, 0.1) is 11.8 Å². The lowest BCUT2D eigenvalue weighted by Crippen LogP contribution is -2.38. The molecule has 0 unspecified atom stereocenters. The number of urea groups is 2. The normalized spacial score (nSPS) is 17.9. The van der Waals surface area contributed by atoms with E-state index in [4.69, 9.17) is 0 Å². The molecule has 0 saturated heterocycles. The Morgan fingerprint density at radius 1 is 0.706 bits per heavy atom. The molecule has 6 heteroatoms. The lowest BCUT2D eigenvalue weighted by molar-refractivity contribution is 0.230. The molecular formula is C28H40N4O2. The minimum atomic E-state index is -0.166. The van der Waals surface area contributed by atoms with Gasteiger partial charge in [-0.15, -0.1) is 0 Å². The van der Waals surface area contributed by atoms with Crippen molar-refractivity contribution in [3.05, 3.63) is 59.7 Å². The van der Waals surface area contributed by atoms with Gasteiger partial charge in [-0.25, -0.2) is 9.59 Å². The van der Waals surface area contributed by atoms with Crippen molar-refractivity contribution in [2.45, 2.75) is 65.2 Å². The van der Waals surface area contributed by atoms with Gasteiger partial charge in [-0.2, -0.15) is 0 Å². The summed E-state index contributed by atoms with van der Waals surface area (Å²) in [6, 6.07) is 15.7. The molecule has 1 saturated carbocycles. The Labute approximate surface area is 204 Å². The molecule has 2 aromatic carbocycles. The smallest absolute Gasteiger partial charge is 0.319 e. The van der Waals surface area contributed by atoms with Crippen molar-refractivity contribution in [1.82, 2.24) is 10.6 Å². The van der Waals surface area contributed by atoms with Gasteiger partial charge in [-0.1, -0.05) is 58.4 Å². The molecule has 0 radical (unpaired) electrons. The first-order valence-electron chi connectivity index (χ1n) is 12.6. The Morgan fingerprint density at radius 3 is 1.44 bits per heavy atom. The van der Waals surface area contributed by atoms with Crippen LogP contribution in [-0.4, -0.2) is 25.2 Å². The zero-order chi connectivity index (χ0) is 24.5. The third kappa shape index (κ3) is 8.08. The van der Waals surface area contributed by atoms with Crippen LogP contribution in [0.3, 0.4) is 0 Å². The number of carbonyl (C=O) groups is 2. The molecule has 0 aliphatic heterocycles. The second kappa shape index (κ2) is 12.4. The molecule has 2 atom stereocenters. The summed E-state index contributed by atoms with van der Waals surface area (Å²) in [6.45, 7) is 9.92. The molecule has 0 bridgehead atoms. The summed E-state index contributed by atoms with van der Waals surface area (Å²) in [5.41, 5.74) is 4.12. The first-order valence-corrected chi connectivity index (χ1v) is 12.6. The van der Waals surface area contributed by atoms with Crippen LogP contribution in [-0.2, 0) is 0 Å². The molecule has 0 spiro atoms. The molecule has 0 heterocycles. The van der Waals surface area contributed by atoms with Gasteiger partial charge >= 0.3 is 12.1 Å². The van der Waals surface area contributed by atoms with Crippen LogP contribution < -0.4 is 21.3 Å². The minimum absolute atomic E-state index is 0.166. The van der Waals surface area contributed by atoms with Crippen LogP contribution in [0.2, 0.25) is 0 Å². The minimum Gasteiger partial charge on any atom is -0.338 e. The number of nitrogens with one attached hydrogen (secondary N) is 4. The van der Waals surface area contributed by atoms with E-state index < -0.39 is 0 Å². The molecule has 4 N–H and O–H groups in total. The topological polar surface area (TPSA) is 82.3 Å². The summed E-state index contributed by atoms with van der Waals surface area (Å²) in [6.07, 6.45) is 4.34. The maximum Gasteiger partial charge on any atom is 0.319 e. The van der Waals surface area contributed by atoms with Gasteiger partial charge in [0, 0.05) is 24.5 Å². The highest BCUT2D eigenvalue weighted by atomic mass is 16.2. The lowest BCUT2D eigenvalue weighted by atomic mass is 9.81. The molecule has 6 nitrogen and oxygen atoms in total. The highest BCUT2D eigenvalue weighted by Gasteiger charge is 2.23. The predicted octanol–water partition coefficient (Wildman–Crippen LogP) is 6.68. The molecule has 184 valence electrons. The molecule has 1 fully saturated rings. The molecule has 1 aliphatic carbocycles. The monoisotopic (exact) mass is 464 g/mol. The summed E-state index contributed by atoms with van der Waals surface area (Å²) in [7, 11) is 0. The van der Waals surface area contributed by atoms with Gasteiger partial charge in [0.25, 0.3) is 0 Å². The number of amides is 4. The largest absolute Gasteiger partial charge is 0.338 e. The van der Waals surface area contributed by atoms with Crippen molar-refractivity contribution < 1.29 is 9.59 Å². The zero-order valence-corrected chi connectivity index (χ0v) is 21.0. The Hall–Kier alpha value is -3.02. The van der Waals surface area contributed by atoms with E-state index in [9.17, 15) is 9.59 Å². The first kappa shape index (κ1) is 25.6. The van der Waals surface area contributed by atoms with Gasteiger partial charge in [0.2, 0.25) is 0 Å². The van der Waals surface area contributed by atoms with Gasteiger partial charge in [0.15, 0.2) is 0 Å². The maximum absolute atomic E-state index is 12.3. The van der Waals surface area contributed by atoms with E-state index in [1.807, 2.05) is 24.3 Å². The standard InChI is InChI=1S/C28H40N4O2/c1-19(2)23-8-12-25(13-9-23)31-27(33)29-17-21-6-5-7-22(16-21)18-30-28(34)32-26-14-10-24(11-15-26)20(3)4/h8-15,19-22H,5-7,16-18H2,1-4H3,(H2,29,31,33)(H2,30,32,34)/t21-,22-/m1/s1. The van der Waals surface area contributed by atoms with E-state index in [1.165, 1.54) is 11.1 Å². The average Bonchev–Trinajstić information content (AvgIpc) is 2.82. The maximum atomic E-state index is 12.3. The number of anilines is 2. The highest BCUT2D eigenvalue weighted by molar-refractivity contribution is 5.89. The van der Waals surface area contributed by atoms with Crippen molar-refractivity contribution in [2.75, 3.05) is 23.7 Å². The molecule has 4 amide bonds. The molecular weight excluding hydrogens is 424 g/mol. The Bertz CT molecular complexity index is 847. The fraction of sp³-hybridized carbons (Fsp3) is 0.500. The Balaban J connectivity index is 1.36. The molecule has 2 aromatic rings. The van der Waals surface area contributed by atoms with Crippen molar-refractivity contribution in [2.24, 2.45) is 11.8 Å². The van der Waals surface area contributed by atoms with Crippen LogP contribution in [0.25, 0.3) is 0 Å². The Kier molecular flexibility index (Phi) is 9.37. The van der Waals surface area contributed by atoms with Gasteiger partial charge in [-0.05, 0) is 78.3 Å². The van der Waals surface area contributed by atoms with E-state index in [0.717, 1.165) is 37.1 Å². The fourth-order valence-electron chi connectivity index (χ4n) is 4.50. The van der Waals surface area contributed by atoms with Crippen LogP contribution in [0.5, 0.6) is 0 Å². The average molecular weight is 465 g/mol. The third-order valence-electron chi connectivity index (χ3n) is 6.66. The van der Waals surface area contributed by atoms with Gasteiger partial charge in [-0.3, -0.25) is 0 Å². The molecule has 0 aromatic heterocycles. The quantitative estimate of drug-likeness (QED) is 0.351. The second-order valence-electron chi connectivity index (χ2n) is 10.1. The summed E-state index contributed by atoms with van der Waals surface area (Å²) >= 11 is 0. The molecule has 3 rings (SSSR count). The van der Waals surface area contributed by atoms with Gasteiger partial charge in [0.05, 0.1) is 0 Å². The van der Waals surface area contributed by atoms with Crippen LogP contribution in [0.4, 0.5) is 21.0 Å². The Morgan fingerprint density at radius 2 is 1.09 bits per heavy atom. The van der Waals surface area contributed by atoms with Crippen molar-refractivity contribution in [3.8, 4) is 0 Å². The summed E-state index contributed by atoms with van der Waals surface area (Å²) < 4.78 is 0. The van der Waals surface area contributed by atoms with Gasteiger partial charge in [0.1, 0.15) is 0 Å². The lowest BCUT2D eigenvalue weighted by Gasteiger charge is -2.29. The SMILES string of the molecule is CC(C)c1ccc(NC(=O)NC[C@@H]2CCC[C@@H](CNC(=O)Nc3ccc(C(C)C)cc3)C2)cc1. The van der Waals surface area contributed by atoms with E-state index in [0.29, 0.717) is 36.8 Å². The van der Waals surface area contributed by atoms with Gasteiger partial charge < -0.3 is 21.3 Å². The number of carbonyl (C=O) groups excluding carboxylic acids is 2. The van der Waals surface area contributed by atoms with E-state index >= 15 is 0 Å². The third-order valence-corrected chi connectivity index (χ3v) is 6.66. The van der Waals surface area contributed by atoms with Crippen molar-refractivity contribution in [1.29, 1.82) is 0 Å². The number of hydrogen-bond donors (Lipinski definition) is 4. The number of hydrogen-bond acceptors (Lipinski definition) is 2. The first-order chi connectivity index (χ1) is 16.3. The van der Waals surface area contributed by atoms with E-state index in [2.05, 4.69) is 73.2 Å². The van der Waals surface area contributed by atoms with Crippen molar-refractivity contribution in [3.63, 3.8) is 0 Å². The molecule has 34 heavy (non-hydrogen) atoms. The second-order valence-corrected chi connectivity index (χ2v) is 10.1. The van der Waals surface area contributed by atoms with Crippen LogP contribution >= 0.6 is 0 Å². The fourth-order valence-corrected chi connectivity index (χ4v) is 4.50. The summed E-state index contributed by atoms with van der Waals surface area (Å²) in [4.78, 5) is 24.6. The van der Waals surface area contributed by atoms with Crippen molar-refractivity contribution >= 4 is 23.4 Å². The summed E-state index contributed by atoms with van der Waals surface area (Å²) in [5.74, 6) is 1.81.